The summed E-state index contributed by atoms with van der Waals surface area (Å²) >= 11 is 1.92. The van der Waals surface area contributed by atoms with E-state index in [1.807, 2.05) is 11.3 Å². The maximum absolute atomic E-state index is 7.57. The Hall–Kier alpha value is -9.72. The molecular weight excluding hydrogens is 1220 g/mol. The summed E-state index contributed by atoms with van der Waals surface area (Å²) < 4.78 is 10.0. The number of thiophene rings is 1. The monoisotopic (exact) mass is 1310 g/mol. The van der Waals surface area contributed by atoms with Crippen molar-refractivity contribution >= 4 is 118 Å². The van der Waals surface area contributed by atoms with Crippen molar-refractivity contribution in [2.75, 3.05) is 14.7 Å². The molecule has 2 heterocycles. The lowest BCUT2D eigenvalue weighted by molar-refractivity contribution is 0.590. The Morgan fingerprint density at radius 1 is 0.337 bits per heavy atom. The van der Waals surface area contributed by atoms with Crippen molar-refractivity contribution in [3.05, 3.63) is 311 Å². The molecule has 4 nitrogen and oxygen atoms in total. The van der Waals surface area contributed by atoms with E-state index in [0.717, 1.165) is 73.1 Å². The zero-order chi connectivity index (χ0) is 68.4. The number of nitrogens with zero attached hydrogens (tertiary/aromatic N) is 3. The number of fused-ring (bicyclic) bond motifs is 11. The number of para-hydroxylation sites is 3. The molecule has 14 aromatic rings. The third-order valence-electron chi connectivity index (χ3n) is 20.5. The number of hydrogen-bond donors (Lipinski definition) is 0. The summed E-state index contributed by atoms with van der Waals surface area (Å²) in [5, 5.41) is 6.05. The predicted octanol–water partition coefficient (Wildman–Crippen LogP) is 26.5. The first-order valence-electron chi connectivity index (χ1n) is 34.9. The van der Waals surface area contributed by atoms with E-state index in [9.17, 15) is 0 Å². The molecule has 0 aliphatic heterocycles. The van der Waals surface area contributed by atoms with E-state index in [4.69, 9.17) is 4.42 Å². The molecule has 0 saturated heterocycles. The van der Waals surface area contributed by atoms with Crippen molar-refractivity contribution in [1.29, 1.82) is 0 Å². The highest BCUT2D eigenvalue weighted by molar-refractivity contribution is 7.26. The van der Waals surface area contributed by atoms with Crippen LogP contribution in [0.1, 0.15) is 128 Å². The Balaban J connectivity index is 1.12. The minimum absolute atomic E-state index is 0.00565. The Morgan fingerprint density at radius 3 is 1.14 bits per heavy atom. The summed E-state index contributed by atoms with van der Waals surface area (Å²) in [6.45, 7) is 34.9. The summed E-state index contributed by atoms with van der Waals surface area (Å²) in [4.78, 5) is 7.44. The average Bonchev–Trinajstić information content (AvgIpc) is 1.50. The van der Waals surface area contributed by atoms with E-state index >= 15 is 0 Å². The van der Waals surface area contributed by atoms with E-state index in [1.165, 1.54) is 81.0 Å². The van der Waals surface area contributed by atoms with Crippen LogP contribution in [0.2, 0.25) is 19.6 Å². The number of anilines is 9. The van der Waals surface area contributed by atoms with Gasteiger partial charge in [0.05, 0.1) is 24.9 Å². The van der Waals surface area contributed by atoms with Gasteiger partial charge in [0.15, 0.2) is 5.58 Å². The van der Waals surface area contributed by atoms with E-state index in [2.05, 4.69) is 384 Å². The molecule has 0 N–H and O–H groups in total. The zero-order valence-corrected chi connectivity index (χ0v) is 61.4. The minimum Gasteiger partial charge on any atom is -0.454 e. The van der Waals surface area contributed by atoms with Crippen LogP contribution in [0.25, 0.3) is 53.2 Å². The molecule has 0 amide bonds. The highest BCUT2D eigenvalue weighted by Crippen LogP contribution is 2.65. The first-order chi connectivity index (χ1) is 46.8. The van der Waals surface area contributed by atoms with Gasteiger partial charge in [-0.25, -0.2) is 0 Å². The maximum Gasteiger partial charge on any atom is 0.160 e. The Bertz CT molecular complexity index is 5230. The molecule has 1 unspecified atom stereocenters. The van der Waals surface area contributed by atoms with Gasteiger partial charge < -0.3 is 19.1 Å². The summed E-state index contributed by atoms with van der Waals surface area (Å²) in [5.74, 6) is 0. The molecule has 0 radical (unpaired) electrons. The molecule has 98 heavy (non-hydrogen) atoms. The number of furan rings is 1. The molecule has 0 spiro atoms. The molecule has 2 aromatic heterocycles. The first kappa shape index (κ1) is 64.3. The summed E-state index contributed by atoms with van der Waals surface area (Å²) in [5.41, 5.74) is 22.7. The zero-order valence-electron chi connectivity index (χ0n) is 59.6. The second-order valence-electron chi connectivity index (χ2n) is 32.2. The van der Waals surface area contributed by atoms with Crippen molar-refractivity contribution in [2.45, 2.75) is 130 Å². The Labute approximate surface area is 585 Å². The molecule has 6 heteroatoms. The second kappa shape index (κ2) is 23.8. The van der Waals surface area contributed by atoms with Gasteiger partial charge in [-0.15, -0.1) is 11.3 Å². The maximum atomic E-state index is 7.57. The molecule has 0 fully saturated rings. The molecule has 1 atom stereocenters. The normalized spacial score (nSPS) is 14.3. The Kier molecular flexibility index (Phi) is 15.6. The molecule has 12 aromatic carbocycles. The second-order valence-corrected chi connectivity index (χ2v) is 38.4. The highest BCUT2D eigenvalue weighted by atomic mass is 32.1. The predicted molar refractivity (Wildman–Crippen MR) is 426 cm³/mol. The van der Waals surface area contributed by atoms with Crippen molar-refractivity contribution in [2.24, 2.45) is 0 Å². The van der Waals surface area contributed by atoms with Gasteiger partial charge in [-0.3, -0.25) is 0 Å². The number of benzene rings is 12. The molecule has 15 rings (SSSR count). The molecule has 1 aliphatic rings. The van der Waals surface area contributed by atoms with Crippen LogP contribution in [0, 0.1) is 0 Å². The van der Waals surface area contributed by atoms with Crippen LogP contribution in [0.3, 0.4) is 0 Å². The largest absolute Gasteiger partial charge is 0.454 e. The summed E-state index contributed by atoms with van der Waals surface area (Å²) in [6, 6.07) is 102. The fourth-order valence-electron chi connectivity index (χ4n) is 15.1. The molecule has 488 valence electrons. The standard InChI is InChI=1S/C92H89N3OSSi/c1-88(2,3)60-34-46-68(47-35-60)93(69-48-36-61(37-49-69)89(4,5)6)70-54-42-64(43-55-70)92(65-44-56-73(57-45-65)98(13,14)15)76-59-79(95(67-28-20-17-21-29-67)72-52-40-63(41-53-72)91(10,11)12)86-83(74-30-22-24-32-80(74)96-86)84(76)85-77(92)58-78(82-75-31-23-25-33-81(75)97-87(82)85)94(66-26-18-16-19-27-66)71-50-38-62(39-51-71)90(7,8)9/h16-59H,1-15H3. The lowest BCUT2D eigenvalue weighted by atomic mass is 9.67. The Morgan fingerprint density at radius 2 is 0.694 bits per heavy atom. The molecule has 1 aliphatic carbocycles. The van der Waals surface area contributed by atoms with E-state index < -0.39 is 13.5 Å². The van der Waals surface area contributed by atoms with Crippen LogP contribution < -0.4 is 19.9 Å². The van der Waals surface area contributed by atoms with Gasteiger partial charge in [0.25, 0.3) is 0 Å². The third-order valence-corrected chi connectivity index (χ3v) is 23.8. The smallest absolute Gasteiger partial charge is 0.160 e. The van der Waals surface area contributed by atoms with Crippen molar-refractivity contribution in [1.82, 2.24) is 0 Å². The lowest BCUT2D eigenvalue weighted by Crippen LogP contribution is -2.38. The minimum atomic E-state index is -1.83. The van der Waals surface area contributed by atoms with E-state index in [-0.39, 0.29) is 21.7 Å². The average molecular weight is 1310 g/mol. The van der Waals surface area contributed by atoms with Gasteiger partial charge in [0, 0.05) is 81.9 Å². The van der Waals surface area contributed by atoms with Crippen LogP contribution >= 0.6 is 11.3 Å². The highest BCUT2D eigenvalue weighted by Gasteiger charge is 2.50. The van der Waals surface area contributed by atoms with Gasteiger partial charge in [-0.05, 0) is 175 Å². The van der Waals surface area contributed by atoms with Crippen LogP contribution in [0.15, 0.2) is 271 Å². The quantitative estimate of drug-likeness (QED) is 0.114. The van der Waals surface area contributed by atoms with Crippen LogP contribution in [0.5, 0.6) is 0 Å². The van der Waals surface area contributed by atoms with Gasteiger partial charge in [-0.1, -0.05) is 266 Å². The SMILES string of the molecule is CC(C)(C)c1ccc(N(c2ccc(C(C)(C)C)cc2)c2ccc(C3(c4ccc([Si](C)(C)C)cc4)c4cc(N(c5ccccc5)c5ccc(C(C)(C)C)cc5)c5c(sc6ccccc65)c4-c4c3cc(N(c3ccccc3)c3ccc(C(C)(C)C)cc3)c3oc5ccccc5c43)cc2)cc1. The summed E-state index contributed by atoms with van der Waals surface area (Å²) in [6.07, 6.45) is 0. The van der Waals surface area contributed by atoms with Gasteiger partial charge >= 0.3 is 0 Å². The van der Waals surface area contributed by atoms with Crippen molar-refractivity contribution in [3.8, 4) is 11.1 Å². The van der Waals surface area contributed by atoms with Crippen molar-refractivity contribution in [3.63, 3.8) is 0 Å². The van der Waals surface area contributed by atoms with Crippen LogP contribution in [-0.2, 0) is 27.1 Å². The van der Waals surface area contributed by atoms with Gasteiger partial charge in [0.2, 0.25) is 0 Å². The van der Waals surface area contributed by atoms with Crippen molar-refractivity contribution < 1.29 is 4.42 Å². The van der Waals surface area contributed by atoms with E-state index in [1.54, 1.807) is 0 Å². The molecule has 0 saturated carbocycles. The van der Waals surface area contributed by atoms with Crippen LogP contribution in [0.4, 0.5) is 51.2 Å². The van der Waals surface area contributed by atoms with E-state index in [0.29, 0.717) is 0 Å². The fourth-order valence-corrected chi connectivity index (χ4v) is 17.6. The fraction of sp³-hybridized carbons (Fsp3) is 0.217. The van der Waals surface area contributed by atoms with Crippen LogP contribution in [-0.4, -0.2) is 8.07 Å². The topological polar surface area (TPSA) is 22.9 Å². The molecular formula is C92H89N3OSSi. The van der Waals surface area contributed by atoms with Gasteiger partial charge in [-0.2, -0.15) is 0 Å². The lowest BCUT2D eigenvalue weighted by Gasteiger charge is -2.37. The first-order valence-corrected chi connectivity index (χ1v) is 39.2. The summed E-state index contributed by atoms with van der Waals surface area (Å²) in [7, 11) is -1.83. The number of rotatable bonds is 12. The number of hydrogen-bond acceptors (Lipinski definition) is 5. The van der Waals surface area contributed by atoms with Gasteiger partial charge in [0.1, 0.15) is 5.58 Å². The molecule has 0 bridgehead atoms. The third kappa shape index (κ3) is 11.1.